The van der Waals surface area contributed by atoms with Gasteiger partial charge in [0.1, 0.15) is 11.9 Å². The van der Waals surface area contributed by atoms with Gasteiger partial charge >= 0.3 is 0 Å². The van der Waals surface area contributed by atoms with Crippen molar-refractivity contribution in [1.82, 2.24) is 0 Å². The molecular formula is C17H16ClFO. The van der Waals surface area contributed by atoms with Crippen LogP contribution in [-0.4, -0.2) is 5.11 Å². The number of hydrogen-bond donors (Lipinski definition) is 1. The van der Waals surface area contributed by atoms with Crippen molar-refractivity contribution in [3.05, 3.63) is 70.0 Å². The number of rotatable bonds is 3. The predicted octanol–water partition coefficient (Wildman–Crippen LogP) is 4.83. The Bertz CT molecular complexity index is 605. The SMILES string of the molecule is OC(c1ccc(C2CCC2)cc1)c1cccc(F)c1Cl. The molecule has 0 aliphatic heterocycles. The van der Waals surface area contributed by atoms with E-state index in [-0.39, 0.29) is 5.02 Å². The van der Waals surface area contributed by atoms with Gasteiger partial charge in [0.15, 0.2) is 0 Å². The summed E-state index contributed by atoms with van der Waals surface area (Å²) in [6, 6.07) is 12.4. The molecule has 1 N–H and O–H groups in total. The summed E-state index contributed by atoms with van der Waals surface area (Å²) in [6.07, 6.45) is 2.90. The normalized spacial score (nSPS) is 16.8. The van der Waals surface area contributed by atoms with E-state index in [0.29, 0.717) is 11.5 Å². The third-order valence-electron chi connectivity index (χ3n) is 4.10. The lowest BCUT2D eigenvalue weighted by Gasteiger charge is -2.26. The molecule has 0 amide bonds. The summed E-state index contributed by atoms with van der Waals surface area (Å²) in [6.45, 7) is 0. The molecule has 2 aromatic rings. The first-order valence-corrected chi connectivity index (χ1v) is 7.26. The molecule has 1 unspecified atom stereocenters. The lowest BCUT2D eigenvalue weighted by molar-refractivity contribution is 0.220. The van der Waals surface area contributed by atoms with Crippen LogP contribution in [0.1, 0.15) is 48.0 Å². The van der Waals surface area contributed by atoms with Crippen LogP contribution >= 0.6 is 11.6 Å². The molecule has 0 radical (unpaired) electrons. The van der Waals surface area contributed by atoms with Crippen molar-refractivity contribution in [1.29, 1.82) is 0 Å². The van der Waals surface area contributed by atoms with Crippen LogP contribution in [0.5, 0.6) is 0 Å². The first-order chi connectivity index (χ1) is 9.66. The molecule has 1 fully saturated rings. The molecule has 1 atom stereocenters. The molecule has 0 saturated heterocycles. The summed E-state index contributed by atoms with van der Waals surface area (Å²) in [5, 5.41) is 10.3. The number of aliphatic hydroxyl groups is 1. The first-order valence-electron chi connectivity index (χ1n) is 6.88. The molecule has 1 saturated carbocycles. The Morgan fingerprint density at radius 1 is 1.10 bits per heavy atom. The van der Waals surface area contributed by atoms with Crippen LogP contribution in [0, 0.1) is 5.82 Å². The maximum absolute atomic E-state index is 13.4. The fourth-order valence-electron chi connectivity index (χ4n) is 2.60. The highest BCUT2D eigenvalue weighted by atomic mass is 35.5. The minimum Gasteiger partial charge on any atom is -0.384 e. The van der Waals surface area contributed by atoms with Crippen LogP contribution in [0.2, 0.25) is 5.02 Å². The van der Waals surface area contributed by atoms with Gasteiger partial charge in [-0.1, -0.05) is 54.4 Å². The quantitative estimate of drug-likeness (QED) is 0.858. The van der Waals surface area contributed by atoms with Gasteiger partial charge in [0.05, 0.1) is 5.02 Å². The zero-order valence-corrected chi connectivity index (χ0v) is 11.8. The van der Waals surface area contributed by atoms with Crippen LogP contribution in [0.15, 0.2) is 42.5 Å². The van der Waals surface area contributed by atoms with E-state index in [2.05, 4.69) is 12.1 Å². The third kappa shape index (κ3) is 2.46. The highest BCUT2D eigenvalue weighted by Crippen LogP contribution is 2.37. The van der Waals surface area contributed by atoms with Crippen LogP contribution in [0.4, 0.5) is 4.39 Å². The summed E-state index contributed by atoms with van der Waals surface area (Å²) >= 11 is 5.92. The molecule has 0 bridgehead atoms. The summed E-state index contributed by atoms with van der Waals surface area (Å²) in [4.78, 5) is 0. The van der Waals surface area contributed by atoms with E-state index in [1.54, 1.807) is 12.1 Å². The van der Waals surface area contributed by atoms with Gasteiger partial charge in [0.2, 0.25) is 0 Å². The zero-order chi connectivity index (χ0) is 14.1. The van der Waals surface area contributed by atoms with Gasteiger partial charge in [0, 0.05) is 5.56 Å². The number of hydrogen-bond acceptors (Lipinski definition) is 1. The Morgan fingerprint density at radius 3 is 2.40 bits per heavy atom. The smallest absolute Gasteiger partial charge is 0.142 e. The van der Waals surface area contributed by atoms with Crippen molar-refractivity contribution in [3.63, 3.8) is 0 Å². The zero-order valence-electron chi connectivity index (χ0n) is 11.0. The van der Waals surface area contributed by atoms with Crippen LogP contribution in [0.25, 0.3) is 0 Å². The highest BCUT2D eigenvalue weighted by Gasteiger charge is 2.20. The molecule has 1 aliphatic rings. The topological polar surface area (TPSA) is 20.2 Å². The van der Waals surface area contributed by atoms with Gasteiger partial charge in [-0.15, -0.1) is 0 Å². The average Bonchev–Trinajstić information content (AvgIpc) is 2.40. The van der Waals surface area contributed by atoms with Crippen molar-refractivity contribution in [3.8, 4) is 0 Å². The van der Waals surface area contributed by atoms with E-state index in [1.807, 2.05) is 12.1 Å². The maximum Gasteiger partial charge on any atom is 0.142 e. The Kier molecular flexibility index (Phi) is 3.77. The standard InChI is InChI=1S/C17H16ClFO/c18-16-14(5-2-6-15(16)19)17(20)13-9-7-12(8-10-13)11-3-1-4-11/h2,5-11,17,20H,1,3-4H2. The van der Waals surface area contributed by atoms with Gasteiger partial charge in [-0.2, -0.15) is 0 Å². The molecular weight excluding hydrogens is 275 g/mol. The molecule has 0 spiro atoms. The summed E-state index contributed by atoms with van der Waals surface area (Å²) in [7, 11) is 0. The van der Waals surface area contributed by atoms with Crippen molar-refractivity contribution in [2.75, 3.05) is 0 Å². The van der Waals surface area contributed by atoms with E-state index < -0.39 is 11.9 Å². The number of aliphatic hydroxyl groups excluding tert-OH is 1. The van der Waals surface area contributed by atoms with E-state index in [4.69, 9.17) is 11.6 Å². The van der Waals surface area contributed by atoms with Crippen molar-refractivity contribution in [2.45, 2.75) is 31.3 Å². The van der Waals surface area contributed by atoms with Gasteiger partial charge < -0.3 is 5.11 Å². The molecule has 2 aromatic carbocycles. The van der Waals surface area contributed by atoms with Crippen molar-refractivity contribution >= 4 is 11.6 Å². The molecule has 0 aromatic heterocycles. The maximum atomic E-state index is 13.4. The molecule has 3 heteroatoms. The first kappa shape index (κ1) is 13.6. The van der Waals surface area contributed by atoms with E-state index in [0.717, 1.165) is 5.56 Å². The summed E-state index contributed by atoms with van der Waals surface area (Å²) in [5.74, 6) is 0.160. The van der Waals surface area contributed by atoms with Gasteiger partial charge in [-0.25, -0.2) is 4.39 Å². The second-order valence-corrected chi connectivity index (χ2v) is 5.72. The second kappa shape index (κ2) is 5.55. The largest absolute Gasteiger partial charge is 0.384 e. The highest BCUT2D eigenvalue weighted by molar-refractivity contribution is 6.31. The van der Waals surface area contributed by atoms with Gasteiger partial charge in [-0.05, 0) is 36.0 Å². The molecule has 104 valence electrons. The molecule has 3 rings (SSSR count). The molecule has 1 aliphatic carbocycles. The molecule has 1 nitrogen and oxygen atoms in total. The fraction of sp³-hybridized carbons (Fsp3) is 0.294. The van der Waals surface area contributed by atoms with E-state index in [1.165, 1.54) is 30.9 Å². The lowest BCUT2D eigenvalue weighted by Crippen LogP contribution is -2.09. The molecule has 20 heavy (non-hydrogen) atoms. The third-order valence-corrected chi connectivity index (χ3v) is 4.50. The minimum absolute atomic E-state index is 0.0110. The minimum atomic E-state index is -0.895. The Balaban J connectivity index is 1.86. The van der Waals surface area contributed by atoms with Crippen LogP contribution in [0.3, 0.4) is 0 Å². The predicted molar refractivity (Wildman–Crippen MR) is 78.5 cm³/mol. The second-order valence-electron chi connectivity index (χ2n) is 5.34. The Labute approximate surface area is 123 Å². The summed E-state index contributed by atoms with van der Waals surface area (Å²) < 4.78 is 13.4. The van der Waals surface area contributed by atoms with Crippen molar-refractivity contribution < 1.29 is 9.50 Å². The fourth-order valence-corrected chi connectivity index (χ4v) is 2.83. The van der Waals surface area contributed by atoms with Crippen molar-refractivity contribution in [2.24, 2.45) is 0 Å². The van der Waals surface area contributed by atoms with E-state index >= 15 is 0 Å². The Morgan fingerprint density at radius 2 is 1.80 bits per heavy atom. The Hall–Kier alpha value is -1.38. The molecule has 0 heterocycles. The number of benzene rings is 2. The van der Waals surface area contributed by atoms with Crippen LogP contribution in [-0.2, 0) is 0 Å². The lowest BCUT2D eigenvalue weighted by atomic mass is 9.80. The monoisotopic (exact) mass is 290 g/mol. The van der Waals surface area contributed by atoms with Crippen LogP contribution < -0.4 is 0 Å². The number of halogens is 2. The van der Waals surface area contributed by atoms with E-state index in [9.17, 15) is 9.50 Å². The van der Waals surface area contributed by atoms with Gasteiger partial charge in [-0.3, -0.25) is 0 Å². The summed E-state index contributed by atoms with van der Waals surface area (Å²) in [5.41, 5.74) is 2.46. The average molecular weight is 291 g/mol. The van der Waals surface area contributed by atoms with Gasteiger partial charge in [0.25, 0.3) is 0 Å².